The molecule has 156 valence electrons. The summed E-state index contributed by atoms with van der Waals surface area (Å²) in [7, 11) is 0. The van der Waals surface area contributed by atoms with Crippen molar-refractivity contribution in [1.82, 2.24) is 5.32 Å². The third kappa shape index (κ3) is 4.46. The van der Waals surface area contributed by atoms with Crippen LogP contribution in [0.2, 0.25) is 0 Å². The van der Waals surface area contributed by atoms with Gasteiger partial charge in [0.1, 0.15) is 11.6 Å². The molecule has 1 fully saturated rings. The van der Waals surface area contributed by atoms with Crippen LogP contribution in [0.1, 0.15) is 49.3 Å². The molecule has 3 atom stereocenters. The van der Waals surface area contributed by atoms with E-state index in [-0.39, 0.29) is 18.5 Å². The van der Waals surface area contributed by atoms with Crippen molar-refractivity contribution in [2.45, 2.75) is 44.2 Å². The van der Waals surface area contributed by atoms with Crippen LogP contribution >= 0.6 is 0 Å². The second-order valence-electron chi connectivity index (χ2n) is 8.03. The maximum Gasteiger partial charge on any atom is 0.341 e. The van der Waals surface area contributed by atoms with E-state index in [1.807, 2.05) is 42.5 Å². The number of carboxylic acid groups (broad SMARTS) is 1. The zero-order valence-corrected chi connectivity index (χ0v) is 17.0. The lowest BCUT2D eigenvalue weighted by molar-refractivity contribution is -0.139. The van der Waals surface area contributed by atoms with Crippen LogP contribution in [0.3, 0.4) is 0 Å². The van der Waals surface area contributed by atoms with Crippen molar-refractivity contribution in [3.8, 4) is 5.75 Å². The fourth-order valence-corrected chi connectivity index (χ4v) is 4.53. The Hall–Kier alpha value is -2.92. The van der Waals surface area contributed by atoms with Crippen LogP contribution in [0.5, 0.6) is 5.75 Å². The number of rotatable bonds is 7. The van der Waals surface area contributed by atoms with E-state index >= 15 is 0 Å². The van der Waals surface area contributed by atoms with Crippen molar-refractivity contribution in [2.75, 3.05) is 6.61 Å². The standard InChI is InChI=1S/C25H26FNO3/c1-16(21-4-2-6-23-22(21)5-3-7-24(23)26)27-19-11-8-18(14-19)17-9-12-20(13-10-17)30-15-25(28)29/h2-7,9-10,12-13,16,18-19,27H,8,11,14-15H2,1H3,(H,28,29)/t16-,18-,19?/m1/s1. The lowest BCUT2D eigenvalue weighted by Crippen LogP contribution is -2.29. The minimum absolute atomic E-state index is 0.131. The molecular weight excluding hydrogens is 381 g/mol. The van der Waals surface area contributed by atoms with E-state index < -0.39 is 5.97 Å². The van der Waals surface area contributed by atoms with Gasteiger partial charge < -0.3 is 15.2 Å². The van der Waals surface area contributed by atoms with E-state index in [0.29, 0.717) is 23.1 Å². The summed E-state index contributed by atoms with van der Waals surface area (Å²) in [6.07, 6.45) is 3.23. The van der Waals surface area contributed by atoms with Gasteiger partial charge in [-0.3, -0.25) is 0 Å². The predicted molar refractivity (Wildman–Crippen MR) is 115 cm³/mol. The van der Waals surface area contributed by atoms with Gasteiger partial charge in [-0.15, -0.1) is 0 Å². The second kappa shape index (κ2) is 8.84. The molecule has 0 heterocycles. The van der Waals surface area contributed by atoms with Crippen molar-refractivity contribution in [1.29, 1.82) is 0 Å². The van der Waals surface area contributed by atoms with Crippen LogP contribution in [0.15, 0.2) is 60.7 Å². The van der Waals surface area contributed by atoms with Crippen molar-refractivity contribution in [3.05, 3.63) is 77.6 Å². The summed E-state index contributed by atoms with van der Waals surface area (Å²) in [5.41, 5.74) is 2.37. The van der Waals surface area contributed by atoms with Crippen molar-refractivity contribution in [3.63, 3.8) is 0 Å². The fraction of sp³-hybridized carbons (Fsp3) is 0.320. The average Bonchev–Trinajstić information content (AvgIpc) is 3.21. The molecule has 3 aromatic rings. The van der Waals surface area contributed by atoms with Gasteiger partial charge in [-0.25, -0.2) is 9.18 Å². The van der Waals surface area contributed by atoms with Gasteiger partial charge in [0, 0.05) is 17.5 Å². The highest BCUT2D eigenvalue weighted by atomic mass is 19.1. The molecule has 3 aromatic carbocycles. The lowest BCUT2D eigenvalue weighted by atomic mass is 9.96. The minimum atomic E-state index is -0.980. The number of fused-ring (bicyclic) bond motifs is 1. The number of carboxylic acids is 1. The highest BCUT2D eigenvalue weighted by molar-refractivity contribution is 5.86. The van der Waals surface area contributed by atoms with E-state index in [4.69, 9.17) is 9.84 Å². The molecule has 0 amide bonds. The van der Waals surface area contributed by atoms with Gasteiger partial charge in [0.05, 0.1) is 0 Å². The maximum atomic E-state index is 14.1. The zero-order valence-electron chi connectivity index (χ0n) is 17.0. The number of benzene rings is 3. The van der Waals surface area contributed by atoms with Gasteiger partial charge in [0.15, 0.2) is 6.61 Å². The molecule has 4 rings (SSSR count). The van der Waals surface area contributed by atoms with Gasteiger partial charge >= 0.3 is 5.97 Å². The smallest absolute Gasteiger partial charge is 0.341 e. The van der Waals surface area contributed by atoms with Crippen LogP contribution < -0.4 is 10.1 Å². The maximum absolute atomic E-state index is 14.1. The number of ether oxygens (including phenoxy) is 1. The number of hydrogen-bond donors (Lipinski definition) is 2. The lowest BCUT2D eigenvalue weighted by Gasteiger charge is -2.22. The third-order valence-corrected chi connectivity index (χ3v) is 6.00. The van der Waals surface area contributed by atoms with E-state index in [9.17, 15) is 9.18 Å². The zero-order chi connectivity index (χ0) is 21.1. The molecule has 0 radical (unpaired) electrons. The van der Waals surface area contributed by atoms with E-state index in [2.05, 4.69) is 18.3 Å². The molecule has 0 aromatic heterocycles. The van der Waals surface area contributed by atoms with Crippen LogP contribution in [0, 0.1) is 5.82 Å². The molecule has 1 saturated carbocycles. The highest BCUT2D eigenvalue weighted by Gasteiger charge is 2.27. The topological polar surface area (TPSA) is 58.6 Å². The SMILES string of the molecule is C[C@@H](NC1CC[C@@H](c2ccc(OCC(=O)O)cc2)C1)c1cccc2c(F)cccc12. The summed E-state index contributed by atoms with van der Waals surface area (Å²) in [6.45, 7) is 1.81. The minimum Gasteiger partial charge on any atom is -0.482 e. The summed E-state index contributed by atoms with van der Waals surface area (Å²) in [6, 6.07) is 19.3. The molecule has 30 heavy (non-hydrogen) atoms. The predicted octanol–water partition coefficient (Wildman–Crippen LogP) is 5.43. The molecule has 2 N–H and O–H groups in total. The number of carbonyl (C=O) groups is 1. The highest BCUT2D eigenvalue weighted by Crippen LogP contribution is 2.36. The Morgan fingerprint density at radius 1 is 1.10 bits per heavy atom. The molecule has 1 aliphatic carbocycles. The fourth-order valence-electron chi connectivity index (χ4n) is 4.53. The normalized spacial score (nSPS) is 19.7. The number of nitrogens with one attached hydrogen (secondary N) is 1. The summed E-state index contributed by atoms with van der Waals surface area (Å²) < 4.78 is 19.3. The monoisotopic (exact) mass is 407 g/mol. The van der Waals surface area contributed by atoms with Crippen molar-refractivity contribution >= 4 is 16.7 Å². The van der Waals surface area contributed by atoms with Crippen LogP contribution in [-0.2, 0) is 4.79 Å². The molecule has 1 aliphatic rings. The molecule has 0 bridgehead atoms. The summed E-state index contributed by atoms with van der Waals surface area (Å²) in [5.74, 6) is -0.121. The van der Waals surface area contributed by atoms with E-state index in [1.54, 1.807) is 6.07 Å². The molecule has 4 nitrogen and oxygen atoms in total. The largest absolute Gasteiger partial charge is 0.482 e. The first-order chi connectivity index (χ1) is 14.5. The van der Waals surface area contributed by atoms with Gasteiger partial charge in [-0.1, -0.05) is 42.5 Å². The Kier molecular flexibility index (Phi) is 6.00. The summed E-state index contributed by atoms with van der Waals surface area (Å²) in [5, 5.41) is 14.1. The van der Waals surface area contributed by atoms with Gasteiger partial charge in [0.2, 0.25) is 0 Å². The first kappa shape index (κ1) is 20.4. The Labute approximate surface area is 175 Å². The van der Waals surface area contributed by atoms with E-state index in [1.165, 1.54) is 11.6 Å². The van der Waals surface area contributed by atoms with Crippen molar-refractivity contribution < 1.29 is 19.0 Å². The van der Waals surface area contributed by atoms with Crippen LogP contribution in [-0.4, -0.2) is 23.7 Å². The Bertz CT molecular complexity index is 1030. The summed E-state index contributed by atoms with van der Waals surface area (Å²) in [4.78, 5) is 10.6. The van der Waals surface area contributed by atoms with Crippen molar-refractivity contribution in [2.24, 2.45) is 0 Å². The number of hydrogen-bond acceptors (Lipinski definition) is 3. The molecule has 0 spiro atoms. The van der Waals surface area contributed by atoms with Gasteiger partial charge in [-0.05, 0) is 66.8 Å². The molecular formula is C25H26FNO3. The quantitative estimate of drug-likeness (QED) is 0.548. The van der Waals surface area contributed by atoms with E-state index in [0.717, 1.165) is 30.2 Å². The molecule has 0 saturated heterocycles. The summed E-state index contributed by atoms with van der Waals surface area (Å²) >= 11 is 0. The third-order valence-electron chi connectivity index (χ3n) is 6.00. The Balaban J connectivity index is 1.39. The molecule has 5 heteroatoms. The van der Waals surface area contributed by atoms with Crippen LogP contribution in [0.25, 0.3) is 10.8 Å². The Morgan fingerprint density at radius 3 is 2.60 bits per heavy atom. The van der Waals surface area contributed by atoms with Crippen LogP contribution in [0.4, 0.5) is 4.39 Å². The van der Waals surface area contributed by atoms with Gasteiger partial charge in [-0.2, -0.15) is 0 Å². The average molecular weight is 407 g/mol. The first-order valence-electron chi connectivity index (χ1n) is 10.4. The van der Waals surface area contributed by atoms with Gasteiger partial charge in [0.25, 0.3) is 0 Å². The Morgan fingerprint density at radius 2 is 1.83 bits per heavy atom. The molecule has 1 unspecified atom stereocenters. The number of aliphatic carboxylic acids is 1. The first-order valence-corrected chi connectivity index (χ1v) is 10.4. The number of halogens is 1. The molecule has 0 aliphatic heterocycles. The second-order valence-corrected chi connectivity index (χ2v) is 8.03.